The first-order valence-corrected chi connectivity index (χ1v) is 6.00. The average molecular weight is 249 g/mol. The molecule has 0 saturated heterocycles. The molecular formula is C10H17ClN2O3. The van der Waals surface area contributed by atoms with Gasteiger partial charge in [-0.25, -0.2) is 4.79 Å². The Hall–Kier alpha value is -0.970. The van der Waals surface area contributed by atoms with Crippen LogP contribution in [-0.2, 0) is 4.79 Å². The number of carboxylic acids is 1. The molecule has 0 bridgehead atoms. The highest BCUT2D eigenvalue weighted by Crippen LogP contribution is 2.24. The fourth-order valence-electron chi connectivity index (χ4n) is 1.94. The molecule has 0 spiro atoms. The predicted molar refractivity (Wildman–Crippen MR) is 60.6 cm³/mol. The molecule has 5 nitrogen and oxygen atoms in total. The molecule has 2 unspecified atom stereocenters. The normalized spacial score (nSPS) is 24.8. The number of nitrogens with one attached hydrogen (secondary N) is 2. The summed E-state index contributed by atoms with van der Waals surface area (Å²) in [5, 5.41) is 14.2. The van der Waals surface area contributed by atoms with Crippen LogP contribution in [0.25, 0.3) is 0 Å². The minimum absolute atomic E-state index is 0.0369. The van der Waals surface area contributed by atoms with E-state index >= 15 is 0 Å². The summed E-state index contributed by atoms with van der Waals surface area (Å²) in [7, 11) is 0. The van der Waals surface area contributed by atoms with Crippen LogP contribution in [0.5, 0.6) is 0 Å². The lowest BCUT2D eigenvalue weighted by molar-refractivity contribution is -0.143. The SMILES string of the molecule is O=C(NCCCl)NC1CCCC(C(=O)O)C1. The van der Waals surface area contributed by atoms with Crippen LogP contribution >= 0.6 is 11.6 Å². The number of halogens is 1. The van der Waals surface area contributed by atoms with E-state index in [0.717, 1.165) is 12.8 Å². The fourth-order valence-corrected chi connectivity index (χ4v) is 2.04. The highest BCUT2D eigenvalue weighted by molar-refractivity contribution is 6.18. The van der Waals surface area contributed by atoms with Crippen LogP contribution < -0.4 is 10.6 Å². The molecule has 0 aliphatic heterocycles. The predicted octanol–water partition coefficient (Wildman–Crippen LogP) is 1.17. The Kier molecular flexibility index (Phi) is 5.38. The first-order valence-electron chi connectivity index (χ1n) is 5.46. The Labute approximate surface area is 99.5 Å². The smallest absolute Gasteiger partial charge is 0.315 e. The van der Waals surface area contributed by atoms with Gasteiger partial charge < -0.3 is 15.7 Å². The zero-order valence-electron chi connectivity index (χ0n) is 9.04. The number of urea groups is 1. The van der Waals surface area contributed by atoms with Gasteiger partial charge in [0.25, 0.3) is 0 Å². The Morgan fingerprint density at radius 3 is 2.75 bits per heavy atom. The van der Waals surface area contributed by atoms with Crippen molar-refractivity contribution in [2.24, 2.45) is 5.92 Å². The number of carbonyl (C=O) groups is 2. The van der Waals surface area contributed by atoms with Crippen molar-refractivity contribution in [1.82, 2.24) is 10.6 Å². The fraction of sp³-hybridized carbons (Fsp3) is 0.800. The number of carbonyl (C=O) groups excluding carboxylic acids is 1. The molecule has 0 aromatic carbocycles. The van der Waals surface area contributed by atoms with Crippen molar-refractivity contribution in [3.8, 4) is 0 Å². The van der Waals surface area contributed by atoms with E-state index in [1.54, 1.807) is 0 Å². The molecule has 0 heterocycles. The van der Waals surface area contributed by atoms with Crippen LogP contribution in [0.15, 0.2) is 0 Å². The summed E-state index contributed by atoms with van der Waals surface area (Å²) in [5.74, 6) is -0.727. The van der Waals surface area contributed by atoms with Crippen molar-refractivity contribution in [2.75, 3.05) is 12.4 Å². The Morgan fingerprint density at radius 1 is 1.38 bits per heavy atom. The number of hydrogen-bond donors (Lipinski definition) is 3. The van der Waals surface area contributed by atoms with Gasteiger partial charge in [-0.15, -0.1) is 11.6 Å². The number of hydrogen-bond acceptors (Lipinski definition) is 2. The third-order valence-corrected chi connectivity index (χ3v) is 2.93. The molecule has 0 aromatic heterocycles. The molecule has 1 fully saturated rings. The van der Waals surface area contributed by atoms with Crippen LogP contribution in [0.4, 0.5) is 4.79 Å². The highest BCUT2D eigenvalue weighted by atomic mass is 35.5. The number of carboxylic acid groups (broad SMARTS) is 1. The lowest BCUT2D eigenvalue weighted by atomic mass is 9.86. The minimum Gasteiger partial charge on any atom is -0.481 e. The molecular weight excluding hydrogens is 232 g/mol. The first kappa shape index (κ1) is 13.1. The van der Waals surface area contributed by atoms with Crippen molar-refractivity contribution >= 4 is 23.6 Å². The van der Waals surface area contributed by atoms with Gasteiger partial charge in [-0.1, -0.05) is 6.42 Å². The molecule has 1 rings (SSSR count). The maximum absolute atomic E-state index is 11.3. The Bertz CT molecular complexity index is 260. The minimum atomic E-state index is -0.771. The lowest BCUT2D eigenvalue weighted by Gasteiger charge is -2.27. The summed E-state index contributed by atoms with van der Waals surface area (Å²) in [6.45, 7) is 0.419. The summed E-state index contributed by atoms with van der Waals surface area (Å²) < 4.78 is 0. The second kappa shape index (κ2) is 6.58. The van der Waals surface area contributed by atoms with Crippen molar-refractivity contribution < 1.29 is 14.7 Å². The van der Waals surface area contributed by atoms with Gasteiger partial charge in [-0.3, -0.25) is 4.79 Å². The van der Waals surface area contributed by atoms with E-state index in [9.17, 15) is 9.59 Å². The monoisotopic (exact) mass is 248 g/mol. The van der Waals surface area contributed by atoms with Gasteiger partial charge in [-0.2, -0.15) is 0 Å². The topological polar surface area (TPSA) is 78.4 Å². The maximum Gasteiger partial charge on any atom is 0.315 e. The molecule has 16 heavy (non-hydrogen) atoms. The first-order chi connectivity index (χ1) is 7.63. The molecule has 2 amide bonds. The molecule has 0 radical (unpaired) electrons. The van der Waals surface area contributed by atoms with Crippen molar-refractivity contribution in [1.29, 1.82) is 0 Å². The molecule has 2 atom stereocenters. The molecule has 92 valence electrons. The van der Waals surface area contributed by atoms with Gasteiger partial charge >= 0.3 is 12.0 Å². The average Bonchev–Trinajstić information content (AvgIpc) is 2.26. The third kappa shape index (κ3) is 4.26. The van der Waals surface area contributed by atoms with E-state index in [1.165, 1.54) is 0 Å². The summed E-state index contributed by atoms with van der Waals surface area (Å²) >= 11 is 5.43. The lowest BCUT2D eigenvalue weighted by Crippen LogP contribution is -2.45. The molecule has 1 aliphatic rings. The van der Waals surface area contributed by atoms with Crippen molar-refractivity contribution in [3.63, 3.8) is 0 Å². The van der Waals surface area contributed by atoms with E-state index in [1.807, 2.05) is 0 Å². The quantitative estimate of drug-likeness (QED) is 0.654. The van der Waals surface area contributed by atoms with Crippen LogP contribution in [-0.4, -0.2) is 35.6 Å². The van der Waals surface area contributed by atoms with Crippen LogP contribution in [0.3, 0.4) is 0 Å². The zero-order valence-corrected chi connectivity index (χ0v) is 9.79. The third-order valence-electron chi connectivity index (χ3n) is 2.74. The number of amides is 2. The van der Waals surface area contributed by atoms with Gasteiger partial charge in [0.2, 0.25) is 0 Å². The highest BCUT2D eigenvalue weighted by Gasteiger charge is 2.27. The number of aliphatic carboxylic acids is 1. The molecule has 1 aliphatic carbocycles. The molecule has 3 N–H and O–H groups in total. The van der Waals surface area contributed by atoms with Gasteiger partial charge in [0.05, 0.1) is 5.92 Å². The van der Waals surface area contributed by atoms with Gasteiger partial charge in [0, 0.05) is 18.5 Å². The van der Waals surface area contributed by atoms with Crippen LogP contribution in [0.2, 0.25) is 0 Å². The number of rotatable bonds is 4. The van der Waals surface area contributed by atoms with E-state index in [-0.39, 0.29) is 18.0 Å². The molecule has 6 heteroatoms. The second-order valence-electron chi connectivity index (χ2n) is 3.99. The van der Waals surface area contributed by atoms with Crippen molar-refractivity contribution in [3.05, 3.63) is 0 Å². The summed E-state index contributed by atoms with van der Waals surface area (Å²) in [5.41, 5.74) is 0. The van der Waals surface area contributed by atoms with Crippen LogP contribution in [0, 0.1) is 5.92 Å². The van der Waals surface area contributed by atoms with E-state index in [2.05, 4.69) is 10.6 Å². The number of alkyl halides is 1. The zero-order chi connectivity index (χ0) is 12.0. The van der Waals surface area contributed by atoms with Crippen molar-refractivity contribution in [2.45, 2.75) is 31.7 Å². The Balaban J connectivity index is 2.31. The Morgan fingerprint density at radius 2 is 2.12 bits per heavy atom. The summed E-state index contributed by atoms with van der Waals surface area (Å²) in [6.07, 6.45) is 2.91. The van der Waals surface area contributed by atoms with Gasteiger partial charge in [-0.05, 0) is 19.3 Å². The summed E-state index contributed by atoms with van der Waals surface area (Å²) in [6, 6.07) is -0.304. The van der Waals surface area contributed by atoms with Gasteiger partial charge in [0.1, 0.15) is 0 Å². The summed E-state index contributed by atoms with van der Waals surface area (Å²) in [4.78, 5) is 22.1. The molecule has 1 saturated carbocycles. The van der Waals surface area contributed by atoms with Gasteiger partial charge in [0.15, 0.2) is 0 Å². The van der Waals surface area contributed by atoms with E-state index in [0.29, 0.717) is 25.3 Å². The van der Waals surface area contributed by atoms with E-state index in [4.69, 9.17) is 16.7 Å². The van der Waals surface area contributed by atoms with E-state index < -0.39 is 5.97 Å². The molecule has 0 aromatic rings. The standard InChI is InChI=1S/C10H17ClN2O3/c11-4-5-12-10(16)13-8-3-1-2-7(6-8)9(14)15/h7-8H,1-6H2,(H,14,15)(H2,12,13,16). The second-order valence-corrected chi connectivity index (χ2v) is 4.37. The largest absolute Gasteiger partial charge is 0.481 e. The maximum atomic E-state index is 11.3. The van der Waals surface area contributed by atoms with Crippen LogP contribution in [0.1, 0.15) is 25.7 Å².